The first-order valence-electron chi connectivity index (χ1n) is 5.01. The molecule has 1 aliphatic heterocycles. The number of anilines is 1. The van der Waals surface area contributed by atoms with Gasteiger partial charge in [0.15, 0.2) is 0 Å². The van der Waals surface area contributed by atoms with Gasteiger partial charge in [-0.25, -0.2) is 0 Å². The first-order valence-corrected chi connectivity index (χ1v) is 6.09. The van der Waals surface area contributed by atoms with Gasteiger partial charge in [-0.2, -0.15) is 0 Å². The van der Waals surface area contributed by atoms with Gasteiger partial charge < -0.3 is 10.6 Å². The van der Waals surface area contributed by atoms with E-state index in [2.05, 4.69) is 33.2 Å². The van der Waals surface area contributed by atoms with Crippen LogP contribution in [0, 0.1) is 3.57 Å². The zero-order valence-corrected chi connectivity index (χ0v) is 10.7. The van der Waals surface area contributed by atoms with Crippen molar-refractivity contribution in [1.82, 2.24) is 5.32 Å². The second-order valence-electron chi connectivity index (χ2n) is 3.63. The summed E-state index contributed by atoms with van der Waals surface area (Å²) in [6.07, 6.45) is 1.01. The highest BCUT2D eigenvalue weighted by molar-refractivity contribution is 14.1. The minimum atomic E-state index is -0.386. The molecule has 0 radical (unpaired) electrons. The molecule has 84 valence electrons. The van der Waals surface area contributed by atoms with Crippen LogP contribution in [0.15, 0.2) is 24.3 Å². The third kappa shape index (κ3) is 2.52. The quantitative estimate of drug-likeness (QED) is 0.808. The average Bonchev–Trinajstić information content (AvgIpc) is 2.68. The van der Waals surface area contributed by atoms with Crippen molar-refractivity contribution in [3.8, 4) is 0 Å². The number of rotatable bonds is 2. The Labute approximate surface area is 107 Å². The number of carbonyl (C=O) groups is 2. The maximum absolute atomic E-state index is 11.8. The molecule has 1 fully saturated rings. The molecule has 16 heavy (non-hydrogen) atoms. The first-order chi connectivity index (χ1) is 7.66. The van der Waals surface area contributed by atoms with E-state index in [0.717, 1.165) is 9.26 Å². The molecule has 2 amide bonds. The van der Waals surface area contributed by atoms with Crippen LogP contribution in [0.4, 0.5) is 5.69 Å². The Hall–Kier alpha value is -1.11. The second-order valence-corrected chi connectivity index (χ2v) is 4.79. The van der Waals surface area contributed by atoms with Crippen LogP contribution in [0.3, 0.4) is 0 Å². The number of carbonyl (C=O) groups excluding carboxylic acids is 2. The summed E-state index contributed by atoms with van der Waals surface area (Å²) in [6.45, 7) is 0. The number of hydrogen-bond donors (Lipinski definition) is 2. The topological polar surface area (TPSA) is 58.2 Å². The number of nitrogens with one attached hydrogen (secondary N) is 2. The summed E-state index contributed by atoms with van der Waals surface area (Å²) in [6, 6.07) is 7.16. The molecule has 5 heteroatoms. The maximum Gasteiger partial charge on any atom is 0.246 e. The summed E-state index contributed by atoms with van der Waals surface area (Å²) in [5.74, 6) is -0.196. The van der Waals surface area contributed by atoms with Gasteiger partial charge in [0.25, 0.3) is 0 Å². The van der Waals surface area contributed by atoms with Gasteiger partial charge in [0.2, 0.25) is 11.8 Å². The summed E-state index contributed by atoms with van der Waals surface area (Å²) in [5.41, 5.74) is 0.786. The minimum Gasteiger partial charge on any atom is -0.344 e. The van der Waals surface area contributed by atoms with Crippen molar-refractivity contribution in [3.63, 3.8) is 0 Å². The average molecular weight is 330 g/mol. The lowest BCUT2D eigenvalue weighted by molar-refractivity contribution is -0.122. The number of amides is 2. The zero-order valence-electron chi connectivity index (χ0n) is 8.50. The molecule has 4 nitrogen and oxygen atoms in total. The molecule has 0 aromatic heterocycles. The highest BCUT2D eigenvalue weighted by Crippen LogP contribution is 2.18. The van der Waals surface area contributed by atoms with Gasteiger partial charge >= 0.3 is 0 Å². The SMILES string of the molecule is O=C1CC[C@H](C(=O)Nc2ccccc2I)N1. The van der Waals surface area contributed by atoms with Gasteiger partial charge in [-0.05, 0) is 41.1 Å². The normalized spacial score (nSPS) is 19.3. The molecule has 1 aromatic carbocycles. The molecule has 0 spiro atoms. The molecule has 0 aliphatic carbocycles. The fraction of sp³-hybridized carbons (Fsp3) is 0.273. The van der Waals surface area contributed by atoms with Crippen molar-refractivity contribution in [1.29, 1.82) is 0 Å². The van der Waals surface area contributed by atoms with Crippen LogP contribution in [0.2, 0.25) is 0 Å². The second kappa shape index (κ2) is 4.82. The molecule has 1 atom stereocenters. The first kappa shape index (κ1) is 11.4. The highest BCUT2D eigenvalue weighted by atomic mass is 127. The van der Waals surface area contributed by atoms with E-state index in [1.807, 2.05) is 24.3 Å². The Morgan fingerprint density at radius 1 is 1.44 bits per heavy atom. The zero-order chi connectivity index (χ0) is 11.5. The van der Waals surface area contributed by atoms with Crippen molar-refractivity contribution in [2.75, 3.05) is 5.32 Å². The van der Waals surface area contributed by atoms with E-state index in [0.29, 0.717) is 12.8 Å². The van der Waals surface area contributed by atoms with E-state index >= 15 is 0 Å². The molecular weight excluding hydrogens is 319 g/mol. The van der Waals surface area contributed by atoms with Gasteiger partial charge in [-0.15, -0.1) is 0 Å². The highest BCUT2D eigenvalue weighted by Gasteiger charge is 2.27. The summed E-state index contributed by atoms with van der Waals surface area (Å²) >= 11 is 2.16. The Kier molecular flexibility index (Phi) is 3.42. The minimum absolute atomic E-state index is 0.0529. The lowest BCUT2D eigenvalue weighted by Crippen LogP contribution is -2.37. The Bertz CT molecular complexity index is 434. The summed E-state index contributed by atoms with van der Waals surface area (Å²) in [4.78, 5) is 22.8. The van der Waals surface area contributed by atoms with Gasteiger partial charge in [0.05, 0.1) is 5.69 Å². The van der Waals surface area contributed by atoms with Crippen molar-refractivity contribution in [3.05, 3.63) is 27.8 Å². The summed E-state index contributed by atoms with van der Waals surface area (Å²) in [5, 5.41) is 5.45. The van der Waals surface area contributed by atoms with Crippen molar-refractivity contribution >= 4 is 40.1 Å². The predicted octanol–water partition coefficient (Wildman–Crippen LogP) is 1.51. The fourth-order valence-electron chi connectivity index (χ4n) is 1.59. The molecule has 0 unspecified atom stereocenters. The molecule has 2 rings (SSSR count). The lowest BCUT2D eigenvalue weighted by Gasteiger charge is -2.11. The van der Waals surface area contributed by atoms with Crippen LogP contribution in [0.1, 0.15) is 12.8 Å². The number of halogens is 1. The molecule has 1 aliphatic rings. The third-order valence-electron chi connectivity index (χ3n) is 2.44. The van der Waals surface area contributed by atoms with Gasteiger partial charge in [0.1, 0.15) is 6.04 Å². The standard InChI is InChI=1S/C11H11IN2O2/c12-7-3-1-2-4-8(7)14-11(16)9-5-6-10(15)13-9/h1-4,9H,5-6H2,(H,13,15)(H,14,16)/t9-/m1/s1. The van der Waals surface area contributed by atoms with E-state index < -0.39 is 0 Å². The largest absolute Gasteiger partial charge is 0.344 e. The van der Waals surface area contributed by atoms with Gasteiger partial charge in [-0.1, -0.05) is 12.1 Å². The van der Waals surface area contributed by atoms with Crippen molar-refractivity contribution in [2.45, 2.75) is 18.9 Å². The predicted molar refractivity (Wildman–Crippen MR) is 69.0 cm³/mol. The maximum atomic E-state index is 11.8. The lowest BCUT2D eigenvalue weighted by atomic mass is 10.2. The van der Waals surface area contributed by atoms with Gasteiger partial charge in [-0.3, -0.25) is 9.59 Å². The third-order valence-corrected chi connectivity index (χ3v) is 3.38. The van der Waals surface area contributed by atoms with Crippen LogP contribution in [-0.4, -0.2) is 17.9 Å². The molecular formula is C11H11IN2O2. The van der Waals surface area contributed by atoms with Gasteiger partial charge in [0, 0.05) is 9.99 Å². The Balaban J connectivity index is 2.03. The van der Waals surface area contributed by atoms with Crippen LogP contribution >= 0.6 is 22.6 Å². The van der Waals surface area contributed by atoms with Crippen molar-refractivity contribution in [2.24, 2.45) is 0 Å². The molecule has 1 heterocycles. The molecule has 1 saturated heterocycles. The Morgan fingerprint density at radius 2 is 2.19 bits per heavy atom. The van der Waals surface area contributed by atoms with Crippen LogP contribution < -0.4 is 10.6 Å². The number of para-hydroxylation sites is 1. The smallest absolute Gasteiger partial charge is 0.246 e. The van der Waals surface area contributed by atoms with E-state index in [1.165, 1.54) is 0 Å². The van der Waals surface area contributed by atoms with Crippen LogP contribution in [0.5, 0.6) is 0 Å². The van der Waals surface area contributed by atoms with Crippen molar-refractivity contribution < 1.29 is 9.59 Å². The van der Waals surface area contributed by atoms with E-state index in [-0.39, 0.29) is 17.9 Å². The summed E-state index contributed by atoms with van der Waals surface area (Å²) in [7, 11) is 0. The molecule has 0 saturated carbocycles. The van der Waals surface area contributed by atoms with E-state index in [1.54, 1.807) is 0 Å². The molecule has 0 bridgehead atoms. The summed E-state index contributed by atoms with van der Waals surface area (Å²) < 4.78 is 0.984. The van der Waals surface area contributed by atoms with E-state index in [9.17, 15) is 9.59 Å². The molecule has 2 N–H and O–H groups in total. The van der Waals surface area contributed by atoms with Crippen LogP contribution in [-0.2, 0) is 9.59 Å². The fourth-order valence-corrected chi connectivity index (χ4v) is 2.12. The molecule has 1 aromatic rings. The van der Waals surface area contributed by atoms with E-state index in [4.69, 9.17) is 0 Å². The number of hydrogen-bond acceptors (Lipinski definition) is 2. The Morgan fingerprint density at radius 3 is 2.81 bits per heavy atom. The van der Waals surface area contributed by atoms with Crippen LogP contribution in [0.25, 0.3) is 0 Å². The monoisotopic (exact) mass is 330 g/mol. The number of benzene rings is 1.